The highest BCUT2D eigenvalue weighted by molar-refractivity contribution is 5.83. The van der Waals surface area contributed by atoms with Crippen molar-refractivity contribution in [3.05, 3.63) is 35.1 Å². The smallest absolute Gasteiger partial charge is 0.331 e. The van der Waals surface area contributed by atoms with Crippen LogP contribution >= 0.6 is 0 Å². The SMILES string of the molecule is CCCN(C(C)=O)C(C(=O)O)c1ccc(F)c(C)c1. The molecule has 0 fully saturated rings. The zero-order valence-corrected chi connectivity index (χ0v) is 11.3. The average Bonchev–Trinajstić information content (AvgIpc) is 2.32. The summed E-state index contributed by atoms with van der Waals surface area (Å²) in [5.74, 6) is -1.82. The normalized spacial score (nSPS) is 12.0. The largest absolute Gasteiger partial charge is 0.479 e. The van der Waals surface area contributed by atoms with Gasteiger partial charge in [-0.3, -0.25) is 4.79 Å². The van der Waals surface area contributed by atoms with Crippen molar-refractivity contribution in [3.8, 4) is 0 Å². The molecule has 4 nitrogen and oxygen atoms in total. The molecule has 1 rings (SSSR count). The molecule has 0 aliphatic heterocycles. The molecule has 1 unspecified atom stereocenters. The van der Waals surface area contributed by atoms with E-state index < -0.39 is 17.8 Å². The van der Waals surface area contributed by atoms with Crippen LogP contribution in [0.3, 0.4) is 0 Å². The Hall–Kier alpha value is -1.91. The van der Waals surface area contributed by atoms with E-state index in [0.29, 0.717) is 24.1 Å². The molecule has 1 atom stereocenters. The van der Waals surface area contributed by atoms with Crippen molar-refractivity contribution in [2.45, 2.75) is 33.2 Å². The molecule has 0 radical (unpaired) electrons. The number of halogens is 1. The van der Waals surface area contributed by atoms with Gasteiger partial charge in [0, 0.05) is 13.5 Å². The van der Waals surface area contributed by atoms with Gasteiger partial charge < -0.3 is 10.0 Å². The predicted octanol–water partition coefficient (Wildman–Crippen LogP) is 2.52. The summed E-state index contributed by atoms with van der Waals surface area (Å²) in [7, 11) is 0. The fraction of sp³-hybridized carbons (Fsp3) is 0.429. The second kappa shape index (κ2) is 6.31. The minimum Gasteiger partial charge on any atom is -0.479 e. The molecule has 19 heavy (non-hydrogen) atoms. The van der Waals surface area contributed by atoms with E-state index in [0.717, 1.165) is 0 Å². The maximum Gasteiger partial charge on any atom is 0.331 e. The molecule has 0 heterocycles. The fourth-order valence-corrected chi connectivity index (χ4v) is 2.00. The third kappa shape index (κ3) is 3.53. The molecule has 1 N–H and O–H groups in total. The van der Waals surface area contributed by atoms with Crippen molar-refractivity contribution >= 4 is 11.9 Å². The number of carbonyl (C=O) groups is 2. The molecule has 0 saturated heterocycles. The van der Waals surface area contributed by atoms with E-state index in [4.69, 9.17) is 0 Å². The molecule has 104 valence electrons. The first-order chi connectivity index (χ1) is 8.88. The maximum atomic E-state index is 13.2. The van der Waals surface area contributed by atoms with Crippen molar-refractivity contribution in [2.24, 2.45) is 0 Å². The lowest BCUT2D eigenvalue weighted by Gasteiger charge is -2.28. The molecule has 0 bridgehead atoms. The van der Waals surface area contributed by atoms with Gasteiger partial charge in [-0.05, 0) is 30.5 Å². The van der Waals surface area contributed by atoms with Crippen LogP contribution in [-0.2, 0) is 9.59 Å². The van der Waals surface area contributed by atoms with E-state index in [1.807, 2.05) is 6.92 Å². The van der Waals surface area contributed by atoms with Crippen LogP contribution in [0.4, 0.5) is 4.39 Å². The monoisotopic (exact) mass is 267 g/mol. The summed E-state index contributed by atoms with van der Waals surface area (Å²) in [6, 6.07) is 3.04. The van der Waals surface area contributed by atoms with Crippen molar-refractivity contribution < 1.29 is 19.1 Å². The van der Waals surface area contributed by atoms with Gasteiger partial charge in [-0.25, -0.2) is 9.18 Å². The number of carboxylic acid groups (broad SMARTS) is 1. The molecule has 0 saturated carbocycles. The highest BCUT2D eigenvalue weighted by Gasteiger charge is 2.29. The third-order valence-corrected chi connectivity index (χ3v) is 2.91. The van der Waals surface area contributed by atoms with Crippen LogP contribution in [0, 0.1) is 12.7 Å². The van der Waals surface area contributed by atoms with Crippen LogP contribution in [0.2, 0.25) is 0 Å². The van der Waals surface area contributed by atoms with Crippen LogP contribution in [0.1, 0.15) is 37.4 Å². The standard InChI is InChI=1S/C14H18FNO3/c1-4-7-16(10(3)17)13(14(18)19)11-5-6-12(15)9(2)8-11/h5-6,8,13H,4,7H2,1-3H3,(H,18,19). The molecular formula is C14H18FNO3. The Morgan fingerprint density at radius 3 is 2.47 bits per heavy atom. The number of hydrogen-bond donors (Lipinski definition) is 1. The summed E-state index contributed by atoms with van der Waals surface area (Å²) in [6.07, 6.45) is 0.656. The maximum absolute atomic E-state index is 13.2. The number of aliphatic carboxylic acids is 1. The molecule has 1 aromatic rings. The molecule has 5 heteroatoms. The Labute approximate surface area is 111 Å². The van der Waals surface area contributed by atoms with Crippen molar-refractivity contribution in [2.75, 3.05) is 6.54 Å². The van der Waals surface area contributed by atoms with E-state index >= 15 is 0 Å². The Kier molecular flexibility index (Phi) is 5.03. The Morgan fingerprint density at radius 1 is 1.42 bits per heavy atom. The zero-order chi connectivity index (χ0) is 14.6. The zero-order valence-electron chi connectivity index (χ0n) is 11.3. The highest BCUT2D eigenvalue weighted by Crippen LogP contribution is 2.23. The summed E-state index contributed by atoms with van der Waals surface area (Å²) in [4.78, 5) is 24.3. The van der Waals surface area contributed by atoms with Gasteiger partial charge in [-0.15, -0.1) is 0 Å². The van der Waals surface area contributed by atoms with Gasteiger partial charge in [0.15, 0.2) is 6.04 Å². The van der Waals surface area contributed by atoms with Gasteiger partial charge in [-0.2, -0.15) is 0 Å². The summed E-state index contributed by atoms with van der Waals surface area (Å²) < 4.78 is 13.2. The van der Waals surface area contributed by atoms with Crippen LogP contribution in [0.25, 0.3) is 0 Å². The molecule has 0 aliphatic rings. The van der Waals surface area contributed by atoms with Gasteiger partial charge in [0.05, 0.1) is 0 Å². The van der Waals surface area contributed by atoms with Gasteiger partial charge in [0.1, 0.15) is 5.82 Å². The number of rotatable bonds is 5. The van der Waals surface area contributed by atoms with E-state index in [-0.39, 0.29) is 5.91 Å². The highest BCUT2D eigenvalue weighted by atomic mass is 19.1. The number of nitrogens with zero attached hydrogens (tertiary/aromatic N) is 1. The van der Waals surface area contributed by atoms with Crippen LogP contribution < -0.4 is 0 Å². The lowest BCUT2D eigenvalue weighted by Crippen LogP contribution is -2.38. The van der Waals surface area contributed by atoms with E-state index in [1.165, 1.54) is 30.0 Å². The average molecular weight is 267 g/mol. The van der Waals surface area contributed by atoms with Crippen molar-refractivity contribution in [3.63, 3.8) is 0 Å². The van der Waals surface area contributed by atoms with E-state index in [9.17, 15) is 19.1 Å². The Balaban J connectivity index is 3.21. The van der Waals surface area contributed by atoms with Gasteiger partial charge in [0.2, 0.25) is 5.91 Å². The first kappa shape index (κ1) is 15.1. The fourth-order valence-electron chi connectivity index (χ4n) is 2.00. The second-order valence-electron chi connectivity index (χ2n) is 4.46. The number of carboxylic acids is 1. The lowest BCUT2D eigenvalue weighted by atomic mass is 10.0. The number of amides is 1. The third-order valence-electron chi connectivity index (χ3n) is 2.91. The summed E-state index contributed by atoms with van der Waals surface area (Å²) in [5.41, 5.74) is 0.777. The number of aryl methyl sites for hydroxylation is 1. The summed E-state index contributed by atoms with van der Waals surface area (Å²) in [6.45, 7) is 5.12. The van der Waals surface area contributed by atoms with Crippen LogP contribution in [-0.4, -0.2) is 28.4 Å². The van der Waals surface area contributed by atoms with Gasteiger partial charge >= 0.3 is 5.97 Å². The first-order valence-corrected chi connectivity index (χ1v) is 6.14. The van der Waals surface area contributed by atoms with Gasteiger partial charge in [0.25, 0.3) is 0 Å². The lowest BCUT2D eigenvalue weighted by molar-refractivity contribution is -0.149. The van der Waals surface area contributed by atoms with E-state index in [1.54, 1.807) is 6.92 Å². The van der Waals surface area contributed by atoms with Gasteiger partial charge in [-0.1, -0.05) is 19.1 Å². The minimum atomic E-state index is -1.12. The minimum absolute atomic E-state index is 0.309. The molecule has 0 spiro atoms. The van der Waals surface area contributed by atoms with Crippen LogP contribution in [0.5, 0.6) is 0 Å². The van der Waals surface area contributed by atoms with Crippen LogP contribution in [0.15, 0.2) is 18.2 Å². The summed E-state index contributed by atoms with van der Waals surface area (Å²) in [5, 5.41) is 9.35. The summed E-state index contributed by atoms with van der Waals surface area (Å²) >= 11 is 0. The topological polar surface area (TPSA) is 57.6 Å². The van der Waals surface area contributed by atoms with Crippen molar-refractivity contribution in [1.29, 1.82) is 0 Å². The number of benzene rings is 1. The number of carbonyl (C=O) groups excluding carboxylic acids is 1. The number of hydrogen-bond acceptors (Lipinski definition) is 2. The molecule has 0 aliphatic carbocycles. The Morgan fingerprint density at radius 2 is 2.05 bits per heavy atom. The molecular weight excluding hydrogens is 249 g/mol. The second-order valence-corrected chi connectivity index (χ2v) is 4.46. The molecule has 0 aromatic heterocycles. The molecule has 1 aromatic carbocycles. The predicted molar refractivity (Wildman–Crippen MR) is 69.2 cm³/mol. The first-order valence-electron chi connectivity index (χ1n) is 6.14. The Bertz CT molecular complexity index is 488. The quantitative estimate of drug-likeness (QED) is 0.891. The van der Waals surface area contributed by atoms with Crippen molar-refractivity contribution in [1.82, 2.24) is 4.90 Å². The van der Waals surface area contributed by atoms with E-state index in [2.05, 4.69) is 0 Å². The molecule has 1 amide bonds.